The van der Waals surface area contributed by atoms with E-state index >= 15 is 0 Å². The van der Waals surface area contributed by atoms with Crippen molar-refractivity contribution >= 4 is 17.7 Å². The van der Waals surface area contributed by atoms with Gasteiger partial charge < -0.3 is 14.8 Å². The molecule has 0 aromatic heterocycles. The van der Waals surface area contributed by atoms with Gasteiger partial charge in [-0.3, -0.25) is 4.79 Å². The first-order chi connectivity index (χ1) is 13.7. The monoisotopic (exact) mass is 373 g/mol. The summed E-state index contributed by atoms with van der Waals surface area (Å²) in [5, 5.41) is 2.83. The molecule has 0 aliphatic carbocycles. The first-order valence-corrected chi connectivity index (χ1v) is 9.21. The fourth-order valence-corrected chi connectivity index (χ4v) is 2.57. The third-order valence-electron chi connectivity index (χ3n) is 3.99. The molecule has 4 nitrogen and oxygen atoms in total. The van der Waals surface area contributed by atoms with Crippen LogP contribution in [-0.2, 0) is 11.4 Å². The Balaban J connectivity index is 1.50. The standard InChI is InChI=1S/C24H23NO3/c1-2-27-22-15-11-21(12-16-22)25-24(26)17-10-19-8-13-23(14-9-19)28-18-20-6-4-3-5-7-20/h3-17H,2,18H2,1H3,(H,25,26)/b17-10+. The summed E-state index contributed by atoms with van der Waals surface area (Å²) >= 11 is 0. The van der Waals surface area contributed by atoms with Crippen LogP contribution < -0.4 is 14.8 Å². The average molecular weight is 373 g/mol. The van der Waals surface area contributed by atoms with Crippen LogP contribution >= 0.6 is 0 Å². The Kier molecular flexibility index (Phi) is 6.85. The van der Waals surface area contributed by atoms with Crippen LogP contribution in [0, 0.1) is 0 Å². The largest absolute Gasteiger partial charge is 0.494 e. The summed E-state index contributed by atoms with van der Waals surface area (Å²) < 4.78 is 11.2. The maximum atomic E-state index is 12.1. The number of nitrogens with one attached hydrogen (secondary N) is 1. The SMILES string of the molecule is CCOc1ccc(NC(=O)/C=C/c2ccc(OCc3ccccc3)cc2)cc1. The second-order valence-corrected chi connectivity index (χ2v) is 6.12. The molecule has 0 aliphatic rings. The van der Waals surface area contributed by atoms with Crippen molar-refractivity contribution in [2.75, 3.05) is 11.9 Å². The first kappa shape index (κ1) is 19.2. The van der Waals surface area contributed by atoms with E-state index in [0.29, 0.717) is 13.2 Å². The smallest absolute Gasteiger partial charge is 0.248 e. The van der Waals surface area contributed by atoms with E-state index in [4.69, 9.17) is 9.47 Å². The molecule has 142 valence electrons. The van der Waals surface area contributed by atoms with Gasteiger partial charge in [-0.2, -0.15) is 0 Å². The van der Waals surface area contributed by atoms with Crippen LogP contribution in [0.5, 0.6) is 11.5 Å². The molecule has 3 aromatic carbocycles. The summed E-state index contributed by atoms with van der Waals surface area (Å²) in [4.78, 5) is 12.1. The van der Waals surface area contributed by atoms with Crippen LogP contribution in [0.25, 0.3) is 6.08 Å². The Bertz CT molecular complexity index is 901. The molecule has 0 bridgehead atoms. The van der Waals surface area contributed by atoms with Crippen molar-refractivity contribution in [2.45, 2.75) is 13.5 Å². The zero-order valence-corrected chi connectivity index (χ0v) is 15.8. The zero-order chi connectivity index (χ0) is 19.6. The fraction of sp³-hybridized carbons (Fsp3) is 0.125. The van der Waals surface area contributed by atoms with Crippen LogP contribution in [0.2, 0.25) is 0 Å². The van der Waals surface area contributed by atoms with Gasteiger partial charge in [-0.05, 0) is 60.5 Å². The molecule has 3 aromatic rings. The summed E-state index contributed by atoms with van der Waals surface area (Å²) in [6, 6.07) is 24.9. The van der Waals surface area contributed by atoms with Gasteiger partial charge >= 0.3 is 0 Å². The highest BCUT2D eigenvalue weighted by Crippen LogP contribution is 2.17. The molecule has 28 heavy (non-hydrogen) atoms. The maximum Gasteiger partial charge on any atom is 0.248 e. The van der Waals surface area contributed by atoms with Crippen LogP contribution in [0.15, 0.2) is 84.9 Å². The minimum absolute atomic E-state index is 0.187. The number of hydrogen-bond donors (Lipinski definition) is 1. The summed E-state index contributed by atoms with van der Waals surface area (Å²) in [6.45, 7) is 3.08. The Labute approximate surface area is 165 Å². The predicted octanol–water partition coefficient (Wildman–Crippen LogP) is 5.32. The number of amides is 1. The van der Waals surface area contributed by atoms with Crippen molar-refractivity contribution in [1.29, 1.82) is 0 Å². The van der Waals surface area contributed by atoms with Crippen LogP contribution in [-0.4, -0.2) is 12.5 Å². The third kappa shape index (κ3) is 6.02. The van der Waals surface area contributed by atoms with Crippen LogP contribution in [0.3, 0.4) is 0 Å². The van der Waals surface area contributed by atoms with Gasteiger partial charge in [0.25, 0.3) is 0 Å². The quantitative estimate of drug-likeness (QED) is 0.544. The van der Waals surface area contributed by atoms with E-state index in [0.717, 1.165) is 28.3 Å². The third-order valence-corrected chi connectivity index (χ3v) is 3.99. The number of ether oxygens (including phenoxy) is 2. The lowest BCUT2D eigenvalue weighted by Crippen LogP contribution is -2.07. The summed E-state index contributed by atoms with van der Waals surface area (Å²) in [7, 11) is 0. The normalized spacial score (nSPS) is 10.6. The van der Waals surface area contributed by atoms with E-state index < -0.39 is 0 Å². The highest BCUT2D eigenvalue weighted by Gasteiger charge is 2.00. The average Bonchev–Trinajstić information content (AvgIpc) is 2.74. The number of benzene rings is 3. The second kappa shape index (κ2) is 9.97. The molecule has 0 atom stereocenters. The molecular weight excluding hydrogens is 350 g/mol. The van der Waals surface area contributed by atoms with E-state index in [1.54, 1.807) is 6.08 Å². The molecule has 0 spiro atoms. The summed E-state index contributed by atoms with van der Waals surface area (Å²) in [5.41, 5.74) is 2.77. The molecular formula is C24H23NO3. The van der Waals surface area contributed by atoms with E-state index in [9.17, 15) is 4.79 Å². The Morgan fingerprint density at radius 2 is 1.50 bits per heavy atom. The number of carbonyl (C=O) groups excluding carboxylic acids is 1. The Morgan fingerprint density at radius 3 is 2.18 bits per heavy atom. The van der Waals surface area contributed by atoms with Gasteiger partial charge in [-0.15, -0.1) is 0 Å². The van der Waals surface area contributed by atoms with E-state index in [1.807, 2.05) is 85.8 Å². The number of rotatable bonds is 8. The Hall–Kier alpha value is -3.53. The first-order valence-electron chi connectivity index (χ1n) is 9.21. The number of hydrogen-bond acceptors (Lipinski definition) is 3. The highest BCUT2D eigenvalue weighted by atomic mass is 16.5. The van der Waals surface area contributed by atoms with Crippen LogP contribution in [0.1, 0.15) is 18.1 Å². The summed E-state index contributed by atoms with van der Waals surface area (Å²) in [6.07, 6.45) is 3.28. The zero-order valence-electron chi connectivity index (χ0n) is 15.8. The van der Waals surface area contributed by atoms with Crippen molar-refractivity contribution in [3.8, 4) is 11.5 Å². The van der Waals surface area contributed by atoms with Gasteiger partial charge in [0.2, 0.25) is 5.91 Å². The molecule has 0 fully saturated rings. The number of anilines is 1. The molecule has 0 saturated heterocycles. The lowest BCUT2D eigenvalue weighted by molar-refractivity contribution is -0.111. The lowest BCUT2D eigenvalue weighted by Gasteiger charge is -2.06. The molecule has 4 heteroatoms. The minimum atomic E-state index is -0.187. The predicted molar refractivity (Wildman–Crippen MR) is 112 cm³/mol. The van der Waals surface area contributed by atoms with Gasteiger partial charge in [-0.1, -0.05) is 42.5 Å². The molecule has 1 N–H and O–H groups in total. The van der Waals surface area contributed by atoms with Crippen molar-refractivity contribution in [3.05, 3.63) is 96.1 Å². The van der Waals surface area contributed by atoms with Gasteiger partial charge in [0.05, 0.1) is 6.61 Å². The van der Waals surface area contributed by atoms with Crippen molar-refractivity contribution < 1.29 is 14.3 Å². The van der Waals surface area contributed by atoms with E-state index in [2.05, 4.69) is 5.32 Å². The van der Waals surface area contributed by atoms with Gasteiger partial charge in [-0.25, -0.2) is 0 Å². The van der Waals surface area contributed by atoms with Crippen molar-refractivity contribution in [3.63, 3.8) is 0 Å². The van der Waals surface area contributed by atoms with E-state index in [-0.39, 0.29) is 5.91 Å². The maximum absolute atomic E-state index is 12.1. The van der Waals surface area contributed by atoms with Crippen molar-refractivity contribution in [1.82, 2.24) is 0 Å². The Morgan fingerprint density at radius 1 is 0.857 bits per heavy atom. The number of carbonyl (C=O) groups is 1. The van der Waals surface area contributed by atoms with Crippen LogP contribution in [0.4, 0.5) is 5.69 Å². The van der Waals surface area contributed by atoms with Gasteiger partial charge in [0.1, 0.15) is 18.1 Å². The topological polar surface area (TPSA) is 47.6 Å². The minimum Gasteiger partial charge on any atom is -0.494 e. The molecule has 0 heterocycles. The van der Waals surface area contributed by atoms with Gasteiger partial charge in [0, 0.05) is 11.8 Å². The van der Waals surface area contributed by atoms with E-state index in [1.165, 1.54) is 6.08 Å². The fourth-order valence-electron chi connectivity index (χ4n) is 2.57. The molecule has 0 saturated carbocycles. The molecule has 3 rings (SSSR count). The highest BCUT2D eigenvalue weighted by molar-refractivity contribution is 6.01. The molecule has 1 amide bonds. The summed E-state index contributed by atoms with van der Waals surface area (Å²) in [5.74, 6) is 1.39. The van der Waals surface area contributed by atoms with Crippen molar-refractivity contribution in [2.24, 2.45) is 0 Å². The molecule has 0 radical (unpaired) electrons. The lowest BCUT2D eigenvalue weighted by atomic mass is 10.2. The second-order valence-electron chi connectivity index (χ2n) is 6.12. The molecule has 0 unspecified atom stereocenters. The molecule has 0 aliphatic heterocycles. The van der Waals surface area contributed by atoms with Gasteiger partial charge in [0.15, 0.2) is 0 Å².